The van der Waals surface area contributed by atoms with E-state index in [9.17, 15) is 9.59 Å². The number of hydrogen-bond acceptors (Lipinski definition) is 8. The molecule has 1 amide bonds. The number of hydrogen-bond donors (Lipinski definition) is 1. The molecule has 1 N–H and O–H groups in total. The van der Waals surface area contributed by atoms with Crippen molar-refractivity contribution in [2.24, 2.45) is 0 Å². The summed E-state index contributed by atoms with van der Waals surface area (Å²) in [5, 5.41) is 8.98. The van der Waals surface area contributed by atoms with E-state index < -0.39 is 12.2 Å². The Bertz CT molecular complexity index is 416. The van der Waals surface area contributed by atoms with Crippen molar-refractivity contribution >= 4 is 12.2 Å². The van der Waals surface area contributed by atoms with E-state index in [0.29, 0.717) is 0 Å². The first kappa shape index (κ1) is 13.7. The van der Waals surface area contributed by atoms with Crippen LogP contribution in [0.5, 0.6) is 11.8 Å². The summed E-state index contributed by atoms with van der Waals surface area (Å²) in [4.78, 5) is 22.3. The molecule has 0 fully saturated rings. The Balaban J connectivity index is 2.59. The van der Waals surface area contributed by atoms with Gasteiger partial charge in [-0.05, 0) is 31.1 Å². The normalized spacial score (nSPS) is 10.0. The lowest BCUT2D eigenvalue weighted by atomic mass is 10.4. The van der Waals surface area contributed by atoms with Crippen LogP contribution in [0.1, 0.15) is 20.8 Å². The van der Waals surface area contributed by atoms with Crippen LogP contribution < -0.4 is 14.8 Å². The third-order valence-electron chi connectivity index (χ3n) is 1.47. The zero-order chi connectivity index (χ0) is 13.5. The Labute approximate surface area is 102 Å². The van der Waals surface area contributed by atoms with Crippen LogP contribution in [0.3, 0.4) is 0 Å². The number of carbonyl (C=O) groups excluding carboxylic acids is 2. The van der Waals surface area contributed by atoms with Gasteiger partial charge >= 0.3 is 24.0 Å². The summed E-state index contributed by atoms with van der Waals surface area (Å²) in [6, 6.07) is -0.119. The summed E-state index contributed by atoms with van der Waals surface area (Å²) < 4.78 is 18.1. The first-order valence-electron chi connectivity index (χ1n) is 5.18. The summed E-state index contributed by atoms with van der Waals surface area (Å²) in [5.74, 6) is -0.742. The van der Waals surface area contributed by atoms with E-state index in [0.717, 1.165) is 0 Å². The second kappa shape index (κ2) is 6.42. The van der Waals surface area contributed by atoms with Gasteiger partial charge in [0.05, 0.1) is 6.61 Å². The fourth-order valence-electron chi connectivity index (χ4n) is 0.876. The molecule has 1 heterocycles. The summed E-state index contributed by atoms with van der Waals surface area (Å²) >= 11 is 0. The zero-order valence-electron chi connectivity index (χ0n) is 10.1. The lowest BCUT2D eigenvalue weighted by molar-refractivity contribution is 0.0996. The maximum Gasteiger partial charge on any atom is 0.515 e. The molecule has 9 heteroatoms. The van der Waals surface area contributed by atoms with Gasteiger partial charge in [-0.3, -0.25) is 0 Å². The van der Waals surface area contributed by atoms with E-state index in [1.54, 1.807) is 20.8 Å². The van der Waals surface area contributed by atoms with Gasteiger partial charge in [-0.2, -0.15) is 0 Å². The number of nitrogens with one attached hydrogen (secondary N) is 1. The number of nitrogens with zero attached hydrogens (tertiary/aromatic N) is 2. The van der Waals surface area contributed by atoms with Gasteiger partial charge in [-0.1, -0.05) is 0 Å². The quantitative estimate of drug-likeness (QED) is 0.799. The van der Waals surface area contributed by atoms with Gasteiger partial charge in [-0.25, -0.2) is 14.2 Å². The predicted octanol–water partition coefficient (Wildman–Crippen LogP) is 1.10. The number of ether oxygens (including phenoxy) is 3. The molecule has 18 heavy (non-hydrogen) atoms. The van der Waals surface area contributed by atoms with Crippen LogP contribution in [-0.2, 0) is 4.74 Å². The highest BCUT2D eigenvalue weighted by molar-refractivity contribution is 5.71. The maximum absolute atomic E-state index is 11.3. The first-order valence-corrected chi connectivity index (χ1v) is 5.18. The third-order valence-corrected chi connectivity index (χ3v) is 1.47. The van der Waals surface area contributed by atoms with Crippen molar-refractivity contribution < 1.29 is 28.4 Å². The molecule has 0 aliphatic carbocycles. The Kier molecular flexibility index (Phi) is 4.90. The van der Waals surface area contributed by atoms with Crippen molar-refractivity contribution in [3.63, 3.8) is 0 Å². The van der Waals surface area contributed by atoms with Gasteiger partial charge in [0.25, 0.3) is 0 Å². The van der Waals surface area contributed by atoms with E-state index in [1.807, 2.05) is 0 Å². The SMILES string of the molecule is CCOC(=O)Oc1nonc1OC(=O)NC(C)C. The molecule has 0 atom stereocenters. The van der Waals surface area contributed by atoms with Crippen molar-refractivity contribution in [1.29, 1.82) is 0 Å². The Morgan fingerprint density at radius 3 is 2.44 bits per heavy atom. The molecule has 0 saturated heterocycles. The Hall–Kier alpha value is -2.32. The minimum absolute atomic E-state index is 0.119. The van der Waals surface area contributed by atoms with Crippen molar-refractivity contribution in [3.8, 4) is 11.8 Å². The van der Waals surface area contributed by atoms with Crippen LogP contribution in [0.4, 0.5) is 9.59 Å². The fourth-order valence-corrected chi connectivity index (χ4v) is 0.876. The van der Waals surface area contributed by atoms with Gasteiger partial charge in [0.2, 0.25) is 0 Å². The fraction of sp³-hybridized carbons (Fsp3) is 0.556. The summed E-state index contributed by atoms with van der Waals surface area (Å²) in [6.07, 6.45) is -1.77. The van der Waals surface area contributed by atoms with Crippen molar-refractivity contribution in [1.82, 2.24) is 15.6 Å². The molecule has 9 nitrogen and oxygen atoms in total. The second-order valence-electron chi connectivity index (χ2n) is 3.35. The maximum atomic E-state index is 11.3. The Morgan fingerprint density at radius 2 is 1.89 bits per heavy atom. The van der Waals surface area contributed by atoms with Crippen molar-refractivity contribution in [2.45, 2.75) is 26.8 Å². The Morgan fingerprint density at radius 1 is 1.28 bits per heavy atom. The van der Waals surface area contributed by atoms with Crippen LogP contribution in [0.25, 0.3) is 0 Å². The number of rotatable bonds is 4. The average Bonchev–Trinajstić information content (AvgIpc) is 2.64. The van der Waals surface area contributed by atoms with Crippen LogP contribution in [0.15, 0.2) is 4.63 Å². The lowest BCUT2D eigenvalue weighted by Crippen LogP contribution is -2.32. The third kappa shape index (κ3) is 4.28. The van der Waals surface area contributed by atoms with Gasteiger partial charge in [0.15, 0.2) is 0 Å². The van der Waals surface area contributed by atoms with Gasteiger partial charge < -0.3 is 19.5 Å². The molecular formula is C9H13N3O6. The largest absolute Gasteiger partial charge is 0.515 e. The summed E-state index contributed by atoms with van der Waals surface area (Å²) in [7, 11) is 0. The number of amides is 1. The highest BCUT2D eigenvalue weighted by Gasteiger charge is 2.20. The molecule has 0 aromatic carbocycles. The first-order chi connectivity index (χ1) is 8.52. The summed E-state index contributed by atoms with van der Waals surface area (Å²) in [6.45, 7) is 5.24. The topological polar surface area (TPSA) is 113 Å². The van der Waals surface area contributed by atoms with E-state index in [1.165, 1.54) is 0 Å². The van der Waals surface area contributed by atoms with E-state index >= 15 is 0 Å². The second-order valence-corrected chi connectivity index (χ2v) is 3.35. The van der Waals surface area contributed by atoms with E-state index in [-0.39, 0.29) is 24.4 Å². The molecule has 0 aliphatic rings. The minimum Gasteiger partial charge on any atom is -0.434 e. The molecule has 100 valence electrons. The standard InChI is InChI=1S/C9H13N3O6/c1-4-15-9(14)17-7-6(11-18-12-7)16-8(13)10-5(2)3/h5H,4H2,1-3H3,(H,10,13). The molecule has 1 aromatic rings. The van der Waals surface area contributed by atoms with Crippen LogP contribution in [0.2, 0.25) is 0 Å². The van der Waals surface area contributed by atoms with Crippen molar-refractivity contribution in [2.75, 3.05) is 6.61 Å². The summed E-state index contributed by atoms with van der Waals surface area (Å²) in [5.41, 5.74) is 0. The van der Waals surface area contributed by atoms with Gasteiger partial charge in [0, 0.05) is 6.04 Å². The number of aromatic nitrogens is 2. The van der Waals surface area contributed by atoms with Crippen LogP contribution in [0, 0.1) is 0 Å². The molecule has 0 aliphatic heterocycles. The number of carbonyl (C=O) groups is 2. The molecular weight excluding hydrogens is 246 g/mol. The highest BCUT2D eigenvalue weighted by atomic mass is 16.7. The molecule has 0 bridgehead atoms. The molecule has 0 spiro atoms. The molecule has 1 rings (SSSR count). The molecule has 0 radical (unpaired) electrons. The molecule has 0 saturated carbocycles. The predicted molar refractivity (Wildman–Crippen MR) is 56.2 cm³/mol. The minimum atomic E-state index is -0.998. The highest BCUT2D eigenvalue weighted by Crippen LogP contribution is 2.21. The van der Waals surface area contributed by atoms with E-state index in [4.69, 9.17) is 4.74 Å². The zero-order valence-corrected chi connectivity index (χ0v) is 10.1. The van der Waals surface area contributed by atoms with Crippen molar-refractivity contribution in [3.05, 3.63) is 0 Å². The molecule has 0 unspecified atom stereocenters. The molecule has 1 aromatic heterocycles. The lowest BCUT2D eigenvalue weighted by Gasteiger charge is -2.07. The van der Waals surface area contributed by atoms with Crippen LogP contribution >= 0.6 is 0 Å². The van der Waals surface area contributed by atoms with Gasteiger partial charge in [-0.15, -0.1) is 0 Å². The van der Waals surface area contributed by atoms with E-state index in [2.05, 4.69) is 29.7 Å². The van der Waals surface area contributed by atoms with Gasteiger partial charge in [0.1, 0.15) is 0 Å². The monoisotopic (exact) mass is 259 g/mol. The van der Waals surface area contributed by atoms with Crippen LogP contribution in [-0.4, -0.2) is 35.2 Å². The average molecular weight is 259 g/mol. The smallest absolute Gasteiger partial charge is 0.434 e.